The van der Waals surface area contributed by atoms with Gasteiger partial charge in [-0.3, -0.25) is 9.29 Å². The van der Waals surface area contributed by atoms with Crippen LogP contribution in [0.15, 0.2) is 53.7 Å². The van der Waals surface area contributed by atoms with Crippen molar-refractivity contribution in [3.63, 3.8) is 0 Å². The van der Waals surface area contributed by atoms with E-state index in [2.05, 4.69) is 14.6 Å². The highest BCUT2D eigenvalue weighted by Gasteiger charge is 2.29. The third kappa shape index (κ3) is 4.91. The molecule has 2 aromatic carbocycles. The van der Waals surface area contributed by atoms with Crippen LogP contribution >= 0.6 is 0 Å². The Labute approximate surface area is 202 Å². The van der Waals surface area contributed by atoms with Gasteiger partial charge in [0.25, 0.3) is 10.0 Å². The van der Waals surface area contributed by atoms with Crippen molar-refractivity contribution in [3.05, 3.63) is 71.6 Å². The minimum absolute atomic E-state index is 0.0293. The van der Waals surface area contributed by atoms with Crippen LogP contribution in [-0.4, -0.2) is 53.6 Å². The van der Waals surface area contributed by atoms with Crippen LogP contribution in [0.4, 0.5) is 10.1 Å². The molecule has 0 radical (unpaired) electrons. The molecule has 2 heterocycles. The number of carboxylic acids is 1. The lowest BCUT2D eigenvalue weighted by molar-refractivity contribution is 0.0692. The van der Waals surface area contributed by atoms with Gasteiger partial charge in [-0.1, -0.05) is 26.0 Å². The molecule has 1 aliphatic heterocycles. The Balaban J connectivity index is 1.72. The zero-order valence-corrected chi connectivity index (χ0v) is 20.0. The van der Waals surface area contributed by atoms with Crippen LogP contribution in [0.1, 0.15) is 35.6 Å². The van der Waals surface area contributed by atoms with E-state index in [1.807, 2.05) is 13.8 Å². The van der Waals surface area contributed by atoms with Gasteiger partial charge in [-0.25, -0.2) is 22.6 Å². The molecule has 0 amide bonds. The highest BCUT2D eigenvalue weighted by molar-refractivity contribution is 7.92. The quantitative estimate of drug-likeness (QED) is 0.460. The van der Waals surface area contributed by atoms with Gasteiger partial charge < -0.3 is 14.7 Å². The number of aromatic carboxylic acids is 1. The van der Waals surface area contributed by atoms with Crippen LogP contribution in [0.25, 0.3) is 11.8 Å². The Morgan fingerprint density at radius 1 is 1.29 bits per heavy atom. The Morgan fingerprint density at radius 3 is 2.77 bits per heavy atom. The van der Waals surface area contributed by atoms with Gasteiger partial charge >= 0.3 is 5.97 Å². The molecule has 9 nitrogen and oxygen atoms in total. The number of aromatic nitrogens is 2. The predicted octanol–water partition coefficient (Wildman–Crippen LogP) is 3.76. The third-order valence-corrected chi connectivity index (χ3v) is 7.17. The topological polar surface area (TPSA) is 114 Å². The zero-order chi connectivity index (χ0) is 25.2. The molecule has 0 saturated heterocycles. The number of imidazole rings is 1. The van der Waals surface area contributed by atoms with Crippen molar-refractivity contribution in [2.75, 3.05) is 24.4 Å². The summed E-state index contributed by atoms with van der Waals surface area (Å²) in [6.07, 6.45) is 6.54. The van der Waals surface area contributed by atoms with Crippen LogP contribution in [0, 0.1) is 5.82 Å². The average molecular weight is 501 g/mol. The van der Waals surface area contributed by atoms with E-state index in [-0.39, 0.29) is 34.1 Å². The highest BCUT2D eigenvalue weighted by atomic mass is 32.2. The first-order valence-corrected chi connectivity index (χ1v) is 12.5. The smallest absolute Gasteiger partial charge is 0.341 e. The molecule has 0 aliphatic carbocycles. The number of ether oxygens (including phenoxy) is 1. The largest absolute Gasteiger partial charge is 0.482 e. The summed E-state index contributed by atoms with van der Waals surface area (Å²) in [6, 6.07) is 6.24. The Hall–Kier alpha value is -3.70. The average Bonchev–Trinajstić information content (AvgIpc) is 3.30. The summed E-state index contributed by atoms with van der Waals surface area (Å²) in [5, 5.41) is 9.89. The number of anilines is 1. The molecule has 0 bridgehead atoms. The fourth-order valence-electron chi connectivity index (χ4n) is 3.91. The number of sulfonamides is 1. The van der Waals surface area contributed by atoms with Crippen molar-refractivity contribution in [2.45, 2.75) is 25.3 Å². The standard InChI is InChI=1S/C24H25FN4O5S/c1-3-28(4-2)12-5-6-16-14-17(25)7-10-20(16)35(32,33)27-18-8-9-19-23(22(18)24(30)31)34-15-21-26-11-13-29(19)21/h5-11,13-14,27H,3-4,12,15H2,1-2H3,(H,30,31). The van der Waals surface area contributed by atoms with Crippen molar-refractivity contribution in [3.8, 4) is 11.4 Å². The number of fused-ring (bicyclic) bond motifs is 3. The maximum Gasteiger partial charge on any atom is 0.341 e. The monoisotopic (exact) mass is 500 g/mol. The molecule has 1 aliphatic rings. The third-order valence-electron chi connectivity index (χ3n) is 5.73. The molecule has 2 N–H and O–H groups in total. The van der Waals surface area contributed by atoms with E-state index in [1.54, 1.807) is 35.2 Å². The summed E-state index contributed by atoms with van der Waals surface area (Å²) in [7, 11) is -4.27. The SMILES string of the molecule is CCN(CC)CC=Cc1cc(F)ccc1S(=O)(=O)Nc1ccc2c(c1C(=O)O)OCc1nccn1-2. The molecule has 0 saturated carbocycles. The van der Waals surface area contributed by atoms with Crippen LogP contribution in [0.3, 0.4) is 0 Å². The molecule has 4 rings (SSSR count). The molecule has 184 valence electrons. The molecule has 0 fully saturated rings. The normalized spacial score (nSPS) is 12.9. The second-order valence-electron chi connectivity index (χ2n) is 7.82. The fraction of sp³-hybridized carbons (Fsp3) is 0.250. The second kappa shape index (κ2) is 9.88. The highest BCUT2D eigenvalue weighted by Crippen LogP contribution is 2.38. The Kier molecular flexibility index (Phi) is 6.90. The lowest BCUT2D eigenvalue weighted by Gasteiger charge is -2.23. The van der Waals surface area contributed by atoms with Crippen LogP contribution < -0.4 is 9.46 Å². The number of carboxylic acid groups (broad SMARTS) is 1. The van der Waals surface area contributed by atoms with E-state index in [4.69, 9.17) is 4.74 Å². The second-order valence-corrected chi connectivity index (χ2v) is 9.47. The first kappa shape index (κ1) is 24.4. The molecular weight excluding hydrogens is 475 g/mol. The summed E-state index contributed by atoms with van der Waals surface area (Å²) >= 11 is 0. The number of halogens is 1. The Bertz CT molecular complexity index is 1400. The van der Waals surface area contributed by atoms with E-state index in [0.29, 0.717) is 18.1 Å². The van der Waals surface area contributed by atoms with Gasteiger partial charge in [0, 0.05) is 18.9 Å². The van der Waals surface area contributed by atoms with E-state index in [9.17, 15) is 22.7 Å². The first-order valence-electron chi connectivity index (χ1n) is 11.0. The van der Waals surface area contributed by atoms with Crippen molar-refractivity contribution in [2.24, 2.45) is 0 Å². The van der Waals surface area contributed by atoms with Crippen molar-refractivity contribution in [1.82, 2.24) is 14.5 Å². The number of hydrogen-bond acceptors (Lipinski definition) is 6. The van der Waals surface area contributed by atoms with Gasteiger partial charge in [-0.15, -0.1) is 0 Å². The van der Waals surface area contributed by atoms with Gasteiger partial charge in [-0.05, 0) is 49.0 Å². The lowest BCUT2D eigenvalue weighted by atomic mass is 10.1. The molecule has 35 heavy (non-hydrogen) atoms. The minimum Gasteiger partial charge on any atom is -0.482 e. The van der Waals surface area contributed by atoms with E-state index in [1.165, 1.54) is 6.07 Å². The van der Waals surface area contributed by atoms with E-state index in [0.717, 1.165) is 31.3 Å². The van der Waals surface area contributed by atoms with Gasteiger partial charge in [0.15, 0.2) is 11.6 Å². The summed E-state index contributed by atoms with van der Waals surface area (Å²) < 4.78 is 50.3. The molecule has 0 atom stereocenters. The molecule has 0 unspecified atom stereocenters. The number of nitrogens with zero attached hydrogens (tertiary/aromatic N) is 3. The summed E-state index contributed by atoms with van der Waals surface area (Å²) in [6.45, 7) is 6.25. The summed E-state index contributed by atoms with van der Waals surface area (Å²) in [4.78, 5) is 18.2. The van der Waals surface area contributed by atoms with Crippen LogP contribution in [0.2, 0.25) is 0 Å². The van der Waals surface area contributed by atoms with Gasteiger partial charge in [-0.2, -0.15) is 0 Å². The van der Waals surface area contributed by atoms with E-state index >= 15 is 0 Å². The fourth-order valence-corrected chi connectivity index (χ4v) is 5.16. The maximum atomic E-state index is 14.0. The number of carbonyl (C=O) groups is 1. The summed E-state index contributed by atoms with van der Waals surface area (Å²) in [5.41, 5.74) is 0.0954. The number of rotatable bonds is 9. The molecule has 0 spiro atoms. The summed E-state index contributed by atoms with van der Waals surface area (Å²) in [5.74, 6) is -1.33. The number of likely N-dealkylation sites (N-methyl/N-ethyl adjacent to an activating group) is 1. The van der Waals surface area contributed by atoms with Crippen molar-refractivity contribution in [1.29, 1.82) is 0 Å². The molecule has 11 heteroatoms. The predicted molar refractivity (Wildman–Crippen MR) is 129 cm³/mol. The zero-order valence-electron chi connectivity index (χ0n) is 19.2. The van der Waals surface area contributed by atoms with Gasteiger partial charge in [0.05, 0.1) is 16.3 Å². The van der Waals surface area contributed by atoms with Crippen LogP contribution in [-0.2, 0) is 16.6 Å². The van der Waals surface area contributed by atoms with Gasteiger partial charge in [0.1, 0.15) is 18.0 Å². The minimum atomic E-state index is -4.27. The van der Waals surface area contributed by atoms with Crippen molar-refractivity contribution >= 4 is 27.8 Å². The molecular formula is C24H25FN4O5S. The molecule has 1 aromatic heterocycles. The van der Waals surface area contributed by atoms with Crippen LogP contribution in [0.5, 0.6) is 5.75 Å². The number of benzene rings is 2. The molecule has 3 aromatic rings. The number of hydrogen-bond donors (Lipinski definition) is 2. The van der Waals surface area contributed by atoms with Crippen molar-refractivity contribution < 1.29 is 27.4 Å². The lowest BCUT2D eigenvalue weighted by Crippen LogP contribution is -2.22. The maximum absolute atomic E-state index is 14.0. The number of nitrogens with one attached hydrogen (secondary N) is 1. The first-order chi connectivity index (χ1) is 16.7. The van der Waals surface area contributed by atoms with Gasteiger partial charge in [0.2, 0.25) is 0 Å². The Morgan fingerprint density at radius 2 is 2.06 bits per heavy atom. The van der Waals surface area contributed by atoms with E-state index < -0.39 is 21.8 Å².